The first-order valence-electron chi connectivity index (χ1n) is 19.3. The lowest BCUT2D eigenvalue weighted by atomic mass is 9.96. The molecule has 7 heteroatoms. The Hall–Kier alpha value is -7.64. The van der Waals surface area contributed by atoms with E-state index in [1.54, 1.807) is 4.40 Å². The maximum atomic E-state index is 14.3. The van der Waals surface area contributed by atoms with Gasteiger partial charge < -0.3 is 4.57 Å². The summed E-state index contributed by atoms with van der Waals surface area (Å²) in [6.45, 7) is 0. The van der Waals surface area contributed by atoms with Gasteiger partial charge in [-0.2, -0.15) is 4.98 Å². The molecule has 0 unspecified atom stereocenters. The van der Waals surface area contributed by atoms with E-state index in [2.05, 4.69) is 129 Å². The number of hydrogen-bond acceptors (Lipinski definition) is 4. The average Bonchev–Trinajstić information content (AvgIpc) is 3.79. The Morgan fingerprint density at radius 2 is 1.21 bits per heavy atom. The van der Waals surface area contributed by atoms with Crippen molar-refractivity contribution >= 4 is 66.1 Å². The van der Waals surface area contributed by atoms with Crippen LogP contribution in [-0.4, -0.2) is 28.5 Å². The van der Waals surface area contributed by atoms with E-state index in [1.807, 2.05) is 54.6 Å². The van der Waals surface area contributed by atoms with Gasteiger partial charge in [0.15, 0.2) is 11.5 Å². The van der Waals surface area contributed by atoms with E-state index in [0.29, 0.717) is 17.4 Å². The molecular weight excluding hydrogens is 701 g/mol. The minimum atomic E-state index is -0.437. The molecule has 0 fully saturated rings. The summed E-state index contributed by atoms with van der Waals surface area (Å²) in [5.41, 5.74) is 10.8. The monoisotopic (exact) mass is 732 g/mol. The quantitative estimate of drug-likeness (QED) is 0.169. The third kappa shape index (κ3) is 4.72. The molecule has 7 aromatic carbocycles. The number of nitrogens with zero attached hydrogens (tertiary/aromatic N) is 6. The number of para-hydroxylation sites is 2. The van der Waals surface area contributed by atoms with Gasteiger partial charge in [-0.25, -0.2) is 19.2 Å². The van der Waals surface area contributed by atoms with Crippen LogP contribution in [0.1, 0.15) is 17.7 Å². The maximum Gasteiger partial charge on any atom is 0.358 e. The van der Waals surface area contributed by atoms with Crippen LogP contribution in [0.3, 0.4) is 0 Å². The van der Waals surface area contributed by atoms with Crippen LogP contribution >= 0.6 is 0 Å². The maximum absolute atomic E-state index is 14.3. The van der Waals surface area contributed by atoms with E-state index in [0.717, 1.165) is 73.0 Å². The van der Waals surface area contributed by atoms with E-state index >= 15 is 0 Å². The minimum Gasteiger partial charge on any atom is -0.310 e. The molecule has 1 aliphatic carbocycles. The average molecular weight is 733 g/mol. The molecule has 0 bridgehead atoms. The van der Waals surface area contributed by atoms with Crippen molar-refractivity contribution in [3.05, 3.63) is 186 Å². The normalized spacial score (nSPS) is 12.8. The summed E-state index contributed by atoms with van der Waals surface area (Å²) in [6.07, 6.45) is 6.60. The molecular formula is C50H32N6O. The second-order valence-corrected chi connectivity index (χ2v) is 14.7. The van der Waals surface area contributed by atoms with Crippen LogP contribution in [0.4, 0.5) is 0 Å². The van der Waals surface area contributed by atoms with E-state index < -0.39 is 5.69 Å². The van der Waals surface area contributed by atoms with Gasteiger partial charge in [0, 0.05) is 38.5 Å². The fraction of sp³-hybridized carbons (Fsp3) is 0.0400. The SMILES string of the molecule is O=c1nc(-c2ccccc2)nc2c3ccccc3nc(-n3c4ccc(-c5ccc6c(c5)c5c(n6-c6ccccc6)C=CCC5)cc4c4c5ccccc5ccc43)n12. The van der Waals surface area contributed by atoms with Crippen LogP contribution in [0.25, 0.3) is 100 Å². The van der Waals surface area contributed by atoms with Crippen molar-refractivity contribution in [3.63, 3.8) is 0 Å². The van der Waals surface area contributed by atoms with Crippen molar-refractivity contribution in [1.29, 1.82) is 0 Å². The Bertz CT molecular complexity index is 3540. The first-order chi connectivity index (χ1) is 28.2. The molecule has 0 amide bonds. The summed E-state index contributed by atoms with van der Waals surface area (Å²) in [5.74, 6) is 0.828. The summed E-state index contributed by atoms with van der Waals surface area (Å²) >= 11 is 0. The molecule has 57 heavy (non-hydrogen) atoms. The molecule has 0 radical (unpaired) electrons. The van der Waals surface area contributed by atoms with E-state index in [9.17, 15) is 4.79 Å². The summed E-state index contributed by atoms with van der Waals surface area (Å²) < 4.78 is 6.07. The van der Waals surface area contributed by atoms with Gasteiger partial charge in [0.05, 0.1) is 22.1 Å². The van der Waals surface area contributed by atoms with Gasteiger partial charge in [0.25, 0.3) is 0 Å². The molecule has 0 saturated carbocycles. The first kappa shape index (κ1) is 31.7. The molecule has 4 aromatic heterocycles. The number of aromatic nitrogens is 6. The van der Waals surface area contributed by atoms with Crippen LogP contribution in [0.5, 0.6) is 0 Å². The van der Waals surface area contributed by atoms with Crippen LogP contribution in [0, 0.1) is 0 Å². The van der Waals surface area contributed by atoms with Crippen molar-refractivity contribution in [2.24, 2.45) is 0 Å². The van der Waals surface area contributed by atoms with Gasteiger partial charge in [-0.1, -0.05) is 109 Å². The van der Waals surface area contributed by atoms with Crippen molar-refractivity contribution in [2.45, 2.75) is 12.8 Å². The van der Waals surface area contributed by atoms with E-state index in [-0.39, 0.29) is 0 Å². The standard InChI is InChI=1S/C50H32N6O/c57-50-53-47(32-14-3-1-4-15-32)52-48-38-20-9-11-21-41(38)51-49(56(48)50)55-44-27-25-34(30-40(44)46-36-18-8-7-13-31(36)23-28-45(46)55)33-24-26-43-39(29-33)37-19-10-12-22-42(37)54(43)35-16-5-2-6-17-35/h1-9,11-18,20-30H,10,19H2. The highest BCUT2D eigenvalue weighted by atomic mass is 16.1. The van der Waals surface area contributed by atoms with Crippen LogP contribution < -0.4 is 5.69 Å². The fourth-order valence-electron chi connectivity index (χ4n) is 9.01. The Balaban J connectivity index is 1.13. The highest BCUT2D eigenvalue weighted by Gasteiger charge is 2.23. The van der Waals surface area contributed by atoms with Gasteiger partial charge in [-0.15, -0.1) is 0 Å². The zero-order valence-corrected chi connectivity index (χ0v) is 30.7. The molecule has 4 heterocycles. The molecule has 0 N–H and O–H groups in total. The minimum absolute atomic E-state index is 0.383. The van der Waals surface area contributed by atoms with Crippen molar-refractivity contribution < 1.29 is 0 Å². The van der Waals surface area contributed by atoms with Crippen molar-refractivity contribution in [3.8, 4) is 34.2 Å². The number of rotatable bonds is 4. The number of benzene rings is 7. The number of aryl methyl sites for hydroxylation is 1. The highest BCUT2D eigenvalue weighted by molar-refractivity contribution is 6.22. The number of allylic oxidation sites excluding steroid dienone is 1. The largest absolute Gasteiger partial charge is 0.358 e. The molecule has 11 aromatic rings. The van der Waals surface area contributed by atoms with Crippen LogP contribution in [0.15, 0.2) is 169 Å². The Morgan fingerprint density at radius 1 is 0.526 bits per heavy atom. The molecule has 0 atom stereocenters. The summed E-state index contributed by atoms with van der Waals surface area (Å²) in [7, 11) is 0. The number of hydrogen-bond donors (Lipinski definition) is 0. The Morgan fingerprint density at radius 3 is 2.04 bits per heavy atom. The first-order valence-corrected chi connectivity index (χ1v) is 19.3. The van der Waals surface area contributed by atoms with E-state index in [1.165, 1.54) is 27.8 Å². The smallest absolute Gasteiger partial charge is 0.310 e. The summed E-state index contributed by atoms with van der Waals surface area (Å²) in [6, 6.07) is 54.5. The Labute approximate surface area is 326 Å². The predicted octanol–water partition coefficient (Wildman–Crippen LogP) is 11.1. The van der Waals surface area contributed by atoms with Gasteiger partial charge in [-0.05, 0) is 101 Å². The zero-order valence-electron chi connectivity index (χ0n) is 30.7. The molecule has 0 saturated heterocycles. The lowest BCUT2D eigenvalue weighted by Crippen LogP contribution is -2.24. The van der Waals surface area contributed by atoms with E-state index in [4.69, 9.17) is 9.97 Å². The molecule has 7 nitrogen and oxygen atoms in total. The summed E-state index contributed by atoms with van der Waals surface area (Å²) in [4.78, 5) is 29.1. The van der Waals surface area contributed by atoms with Crippen LogP contribution in [0.2, 0.25) is 0 Å². The lowest BCUT2D eigenvalue weighted by Gasteiger charge is -2.14. The topological polar surface area (TPSA) is 70.0 Å². The molecule has 1 aliphatic rings. The predicted molar refractivity (Wildman–Crippen MR) is 231 cm³/mol. The number of fused-ring (bicyclic) bond motifs is 11. The van der Waals surface area contributed by atoms with Crippen molar-refractivity contribution in [1.82, 2.24) is 28.5 Å². The van der Waals surface area contributed by atoms with Crippen molar-refractivity contribution in [2.75, 3.05) is 0 Å². The van der Waals surface area contributed by atoms with Gasteiger partial charge in [0.2, 0.25) is 5.95 Å². The molecule has 268 valence electrons. The fourth-order valence-corrected chi connectivity index (χ4v) is 9.01. The zero-order chi connectivity index (χ0) is 37.6. The lowest BCUT2D eigenvalue weighted by molar-refractivity contribution is 0.872. The molecule has 12 rings (SSSR count). The highest BCUT2D eigenvalue weighted by Crippen LogP contribution is 2.41. The second kappa shape index (κ2) is 12.2. The van der Waals surface area contributed by atoms with Gasteiger partial charge >= 0.3 is 5.69 Å². The third-order valence-corrected chi connectivity index (χ3v) is 11.6. The third-order valence-electron chi connectivity index (χ3n) is 11.6. The molecule has 0 aliphatic heterocycles. The Kier molecular flexibility index (Phi) is 6.77. The second-order valence-electron chi connectivity index (χ2n) is 14.7. The van der Waals surface area contributed by atoms with Gasteiger partial charge in [0.1, 0.15) is 0 Å². The van der Waals surface area contributed by atoms with Gasteiger partial charge in [-0.3, -0.25) is 4.57 Å². The van der Waals surface area contributed by atoms with Crippen LogP contribution in [-0.2, 0) is 6.42 Å². The molecule has 0 spiro atoms. The summed E-state index contributed by atoms with van der Waals surface area (Å²) in [5, 5.41) is 6.51.